The standard InChI is InChI=1S/C11H21N3O/c1-8-5-6-14(10(8)7-12)11(15)13-9-3-2-4-9/h8-10H,2-7,12H2,1H3,(H,13,15). The van der Waals surface area contributed by atoms with Gasteiger partial charge in [0.15, 0.2) is 0 Å². The highest BCUT2D eigenvalue weighted by atomic mass is 16.2. The average molecular weight is 211 g/mol. The summed E-state index contributed by atoms with van der Waals surface area (Å²) in [5.74, 6) is 0.544. The molecule has 0 aromatic rings. The third-order valence-corrected chi connectivity index (χ3v) is 3.82. The highest BCUT2D eigenvalue weighted by Crippen LogP contribution is 2.24. The molecule has 4 heteroatoms. The summed E-state index contributed by atoms with van der Waals surface area (Å²) in [7, 11) is 0. The Morgan fingerprint density at radius 3 is 2.73 bits per heavy atom. The van der Waals surface area contributed by atoms with Crippen molar-refractivity contribution in [2.24, 2.45) is 11.7 Å². The van der Waals surface area contributed by atoms with Crippen molar-refractivity contribution in [3.63, 3.8) is 0 Å². The molecule has 2 aliphatic rings. The van der Waals surface area contributed by atoms with E-state index in [1.807, 2.05) is 4.90 Å². The second-order valence-electron chi connectivity index (χ2n) is 4.84. The van der Waals surface area contributed by atoms with Gasteiger partial charge in [-0.05, 0) is 31.6 Å². The predicted molar refractivity (Wildman–Crippen MR) is 59.5 cm³/mol. The van der Waals surface area contributed by atoms with Gasteiger partial charge in [-0.2, -0.15) is 0 Å². The van der Waals surface area contributed by atoms with Gasteiger partial charge >= 0.3 is 6.03 Å². The van der Waals surface area contributed by atoms with Crippen molar-refractivity contribution in [3.8, 4) is 0 Å². The first-order chi connectivity index (χ1) is 7.22. The van der Waals surface area contributed by atoms with Crippen molar-refractivity contribution in [3.05, 3.63) is 0 Å². The number of nitrogens with zero attached hydrogens (tertiary/aromatic N) is 1. The zero-order valence-electron chi connectivity index (χ0n) is 9.41. The van der Waals surface area contributed by atoms with Crippen LogP contribution in [0.4, 0.5) is 4.79 Å². The van der Waals surface area contributed by atoms with E-state index < -0.39 is 0 Å². The van der Waals surface area contributed by atoms with Crippen molar-refractivity contribution >= 4 is 6.03 Å². The Morgan fingerprint density at radius 2 is 2.20 bits per heavy atom. The van der Waals surface area contributed by atoms with Crippen LogP contribution in [0.15, 0.2) is 0 Å². The number of hydrogen-bond donors (Lipinski definition) is 2. The van der Waals surface area contributed by atoms with Gasteiger partial charge in [-0.15, -0.1) is 0 Å². The molecule has 1 heterocycles. The number of urea groups is 1. The van der Waals surface area contributed by atoms with Crippen molar-refractivity contribution in [2.75, 3.05) is 13.1 Å². The lowest BCUT2D eigenvalue weighted by molar-refractivity contribution is 0.177. The van der Waals surface area contributed by atoms with E-state index in [2.05, 4.69) is 12.2 Å². The summed E-state index contributed by atoms with van der Waals surface area (Å²) < 4.78 is 0. The highest BCUT2D eigenvalue weighted by molar-refractivity contribution is 5.75. The van der Waals surface area contributed by atoms with E-state index in [1.54, 1.807) is 0 Å². The van der Waals surface area contributed by atoms with Gasteiger partial charge in [-0.25, -0.2) is 4.79 Å². The summed E-state index contributed by atoms with van der Waals surface area (Å²) >= 11 is 0. The maximum atomic E-state index is 11.9. The number of nitrogens with two attached hydrogens (primary N) is 1. The molecule has 1 aliphatic carbocycles. The summed E-state index contributed by atoms with van der Waals surface area (Å²) in [5.41, 5.74) is 5.71. The number of carbonyl (C=O) groups excluding carboxylic acids is 1. The van der Waals surface area contributed by atoms with Crippen molar-refractivity contribution < 1.29 is 4.79 Å². The van der Waals surface area contributed by atoms with Crippen molar-refractivity contribution in [1.82, 2.24) is 10.2 Å². The number of rotatable bonds is 2. The van der Waals surface area contributed by atoms with E-state index in [0.717, 1.165) is 25.8 Å². The van der Waals surface area contributed by atoms with Gasteiger partial charge in [-0.1, -0.05) is 6.92 Å². The zero-order valence-corrected chi connectivity index (χ0v) is 9.41. The third kappa shape index (κ3) is 2.09. The van der Waals surface area contributed by atoms with Gasteiger partial charge in [-0.3, -0.25) is 0 Å². The first-order valence-corrected chi connectivity index (χ1v) is 5.99. The molecular formula is C11H21N3O. The molecule has 1 aliphatic heterocycles. The first-order valence-electron chi connectivity index (χ1n) is 5.99. The minimum atomic E-state index is 0.0968. The maximum absolute atomic E-state index is 11.9. The molecule has 2 fully saturated rings. The lowest BCUT2D eigenvalue weighted by Gasteiger charge is -2.32. The fraction of sp³-hybridized carbons (Fsp3) is 0.909. The smallest absolute Gasteiger partial charge is 0.317 e. The maximum Gasteiger partial charge on any atom is 0.317 e. The highest BCUT2D eigenvalue weighted by Gasteiger charge is 2.34. The number of nitrogens with one attached hydrogen (secondary N) is 1. The molecule has 0 spiro atoms. The van der Waals surface area contributed by atoms with Crippen LogP contribution in [-0.4, -0.2) is 36.1 Å². The van der Waals surface area contributed by atoms with Crippen molar-refractivity contribution in [2.45, 2.75) is 44.7 Å². The normalized spacial score (nSPS) is 31.5. The molecule has 2 unspecified atom stereocenters. The molecule has 1 saturated heterocycles. The number of hydrogen-bond acceptors (Lipinski definition) is 2. The second-order valence-corrected chi connectivity index (χ2v) is 4.84. The predicted octanol–water partition coefficient (Wildman–Crippen LogP) is 0.918. The number of amides is 2. The Kier molecular flexibility index (Phi) is 3.14. The number of likely N-dealkylation sites (tertiary alicyclic amines) is 1. The number of carbonyl (C=O) groups is 1. The van der Waals surface area contributed by atoms with E-state index in [-0.39, 0.29) is 12.1 Å². The minimum absolute atomic E-state index is 0.0968. The van der Waals surface area contributed by atoms with Gasteiger partial charge in [0, 0.05) is 25.2 Å². The molecule has 2 atom stereocenters. The molecular weight excluding hydrogens is 190 g/mol. The summed E-state index contributed by atoms with van der Waals surface area (Å²) in [6, 6.07) is 0.761. The van der Waals surface area contributed by atoms with Gasteiger partial charge in [0.05, 0.1) is 0 Å². The Morgan fingerprint density at radius 1 is 1.47 bits per heavy atom. The molecule has 3 N–H and O–H groups in total. The summed E-state index contributed by atoms with van der Waals surface area (Å²) in [6.45, 7) is 3.62. The van der Waals surface area contributed by atoms with Crippen molar-refractivity contribution in [1.29, 1.82) is 0 Å². The lowest BCUT2D eigenvalue weighted by Crippen LogP contribution is -2.51. The zero-order chi connectivity index (χ0) is 10.8. The van der Waals surface area contributed by atoms with Crippen LogP contribution in [-0.2, 0) is 0 Å². The van der Waals surface area contributed by atoms with Crippen LogP contribution in [0.25, 0.3) is 0 Å². The SMILES string of the molecule is CC1CCN(C(=O)NC2CCC2)C1CN. The second kappa shape index (κ2) is 4.39. The molecule has 0 aromatic carbocycles. The monoisotopic (exact) mass is 211 g/mol. The van der Waals surface area contributed by atoms with E-state index in [0.29, 0.717) is 18.5 Å². The summed E-state index contributed by atoms with van der Waals surface area (Å²) in [5, 5.41) is 3.07. The van der Waals surface area contributed by atoms with Crippen LogP contribution >= 0.6 is 0 Å². The fourth-order valence-corrected chi connectivity index (χ4v) is 2.43. The largest absolute Gasteiger partial charge is 0.335 e. The molecule has 4 nitrogen and oxygen atoms in total. The molecule has 2 rings (SSSR count). The van der Waals surface area contributed by atoms with E-state index >= 15 is 0 Å². The molecule has 2 amide bonds. The van der Waals surface area contributed by atoms with Crippen LogP contribution < -0.4 is 11.1 Å². The van der Waals surface area contributed by atoms with Crippen LogP contribution in [0.5, 0.6) is 0 Å². The van der Waals surface area contributed by atoms with Gasteiger partial charge in [0.1, 0.15) is 0 Å². The Hall–Kier alpha value is -0.770. The molecule has 0 bridgehead atoms. The average Bonchev–Trinajstić information content (AvgIpc) is 2.52. The minimum Gasteiger partial charge on any atom is -0.335 e. The molecule has 15 heavy (non-hydrogen) atoms. The quantitative estimate of drug-likeness (QED) is 0.713. The topological polar surface area (TPSA) is 58.4 Å². The van der Waals surface area contributed by atoms with Crippen LogP contribution in [0.2, 0.25) is 0 Å². The summed E-state index contributed by atoms with van der Waals surface area (Å²) in [4.78, 5) is 13.8. The molecule has 86 valence electrons. The Balaban J connectivity index is 1.88. The van der Waals surface area contributed by atoms with Gasteiger partial charge in [0.25, 0.3) is 0 Å². The Labute approximate surface area is 91.2 Å². The molecule has 0 radical (unpaired) electrons. The Bertz CT molecular complexity index is 240. The van der Waals surface area contributed by atoms with E-state index in [1.165, 1.54) is 6.42 Å². The molecule has 1 saturated carbocycles. The van der Waals surface area contributed by atoms with Crippen LogP contribution in [0, 0.1) is 5.92 Å². The summed E-state index contributed by atoms with van der Waals surface area (Å²) in [6.07, 6.45) is 4.62. The molecule has 0 aromatic heterocycles. The van der Waals surface area contributed by atoms with Gasteiger partial charge in [0.2, 0.25) is 0 Å². The van der Waals surface area contributed by atoms with Gasteiger partial charge < -0.3 is 16.0 Å². The van der Waals surface area contributed by atoms with E-state index in [4.69, 9.17) is 5.73 Å². The van der Waals surface area contributed by atoms with Crippen LogP contribution in [0.3, 0.4) is 0 Å². The third-order valence-electron chi connectivity index (χ3n) is 3.82. The lowest BCUT2D eigenvalue weighted by atomic mass is 9.93. The van der Waals surface area contributed by atoms with E-state index in [9.17, 15) is 4.79 Å². The first kappa shape index (κ1) is 10.7. The van der Waals surface area contributed by atoms with Crippen LogP contribution in [0.1, 0.15) is 32.6 Å². The fourth-order valence-electron chi connectivity index (χ4n) is 2.43.